The summed E-state index contributed by atoms with van der Waals surface area (Å²) in [6, 6.07) is 16.5. The minimum absolute atomic E-state index is 0.116. The molecule has 162 valence electrons. The van der Waals surface area contributed by atoms with Gasteiger partial charge >= 0.3 is 0 Å². The number of fused-ring (bicyclic) bond motifs is 1. The molecule has 0 aliphatic carbocycles. The molecule has 0 atom stereocenters. The van der Waals surface area contributed by atoms with Crippen molar-refractivity contribution in [1.29, 1.82) is 0 Å². The van der Waals surface area contributed by atoms with E-state index in [0.717, 1.165) is 16.0 Å². The average molecular weight is 447 g/mol. The van der Waals surface area contributed by atoms with Crippen LogP contribution in [0.3, 0.4) is 0 Å². The second-order valence-corrected chi connectivity index (χ2v) is 8.60. The lowest BCUT2D eigenvalue weighted by Crippen LogP contribution is -2.28. The first-order valence-corrected chi connectivity index (χ1v) is 10.8. The Morgan fingerprint density at radius 3 is 2.41 bits per heavy atom. The molecule has 0 unspecified atom stereocenters. The molecule has 2 amide bonds. The number of hydrogen-bond acceptors (Lipinski definition) is 5. The molecule has 1 N–H and O–H groups in total. The van der Waals surface area contributed by atoms with Crippen LogP contribution in [0.5, 0.6) is 0 Å². The zero-order valence-electron chi connectivity index (χ0n) is 18.0. The lowest BCUT2D eigenvalue weighted by molar-refractivity contribution is -0.116. The fourth-order valence-electron chi connectivity index (χ4n) is 3.45. The van der Waals surface area contributed by atoms with Gasteiger partial charge in [0.1, 0.15) is 11.4 Å². The molecular weight excluding hydrogens is 424 g/mol. The molecule has 0 radical (unpaired) electrons. The monoisotopic (exact) mass is 446 g/mol. The van der Waals surface area contributed by atoms with E-state index in [1.807, 2.05) is 37.3 Å². The number of amides is 2. The van der Waals surface area contributed by atoms with Gasteiger partial charge in [-0.15, -0.1) is 11.3 Å². The maximum absolute atomic E-state index is 13.1. The molecule has 0 saturated carbocycles. The van der Waals surface area contributed by atoms with E-state index >= 15 is 0 Å². The molecule has 0 fully saturated rings. The van der Waals surface area contributed by atoms with Crippen LogP contribution in [0, 0.1) is 6.92 Å². The molecule has 0 bridgehead atoms. The highest BCUT2D eigenvalue weighted by Gasteiger charge is 2.17. The normalized spacial score (nSPS) is 10.8. The number of anilines is 1. The Morgan fingerprint density at radius 2 is 1.75 bits per heavy atom. The topological polar surface area (TPSA) is 84.3 Å². The van der Waals surface area contributed by atoms with Crippen LogP contribution in [0.2, 0.25) is 0 Å². The van der Waals surface area contributed by atoms with Gasteiger partial charge < -0.3 is 10.2 Å². The summed E-state index contributed by atoms with van der Waals surface area (Å²) < 4.78 is 1.32. The Balaban J connectivity index is 1.55. The fraction of sp³-hybridized carbons (Fsp3) is 0.167. The van der Waals surface area contributed by atoms with E-state index < -0.39 is 0 Å². The van der Waals surface area contributed by atoms with Crippen LogP contribution in [0.4, 0.5) is 5.69 Å². The third-order valence-electron chi connectivity index (χ3n) is 5.09. The lowest BCUT2D eigenvalue weighted by atomic mass is 10.1. The first-order valence-electron chi connectivity index (χ1n) is 10.0. The van der Waals surface area contributed by atoms with Gasteiger partial charge in [0.25, 0.3) is 11.5 Å². The minimum atomic E-state index is -0.351. The summed E-state index contributed by atoms with van der Waals surface area (Å²) in [5.74, 6) is -0.467. The summed E-state index contributed by atoms with van der Waals surface area (Å²) in [6.45, 7) is 1.75. The second-order valence-electron chi connectivity index (χ2n) is 7.61. The summed E-state index contributed by atoms with van der Waals surface area (Å²) in [4.78, 5) is 45.1. The van der Waals surface area contributed by atoms with Crippen molar-refractivity contribution in [2.45, 2.75) is 13.5 Å². The predicted molar refractivity (Wildman–Crippen MR) is 127 cm³/mol. The van der Waals surface area contributed by atoms with Crippen LogP contribution in [-0.2, 0) is 11.3 Å². The number of nitrogens with zero attached hydrogens (tertiary/aromatic N) is 3. The zero-order chi connectivity index (χ0) is 22.8. The van der Waals surface area contributed by atoms with E-state index in [-0.39, 0.29) is 23.9 Å². The highest BCUT2D eigenvalue weighted by molar-refractivity contribution is 7.22. The van der Waals surface area contributed by atoms with Gasteiger partial charge in [0.2, 0.25) is 5.91 Å². The smallest absolute Gasteiger partial charge is 0.262 e. The van der Waals surface area contributed by atoms with Crippen LogP contribution in [0.1, 0.15) is 15.9 Å². The number of carbonyl (C=O) groups excluding carboxylic acids is 2. The summed E-state index contributed by atoms with van der Waals surface area (Å²) in [5, 5.41) is 3.30. The molecule has 7 nitrogen and oxygen atoms in total. The third-order valence-corrected chi connectivity index (χ3v) is 6.34. The maximum atomic E-state index is 13.1. The van der Waals surface area contributed by atoms with Gasteiger partial charge in [-0.2, -0.15) is 0 Å². The molecule has 4 rings (SSSR count). The molecule has 0 aliphatic heterocycles. The Morgan fingerprint density at radius 1 is 1.06 bits per heavy atom. The van der Waals surface area contributed by atoms with Gasteiger partial charge in [-0.05, 0) is 42.3 Å². The van der Waals surface area contributed by atoms with Crippen molar-refractivity contribution < 1.29 is 9.59 Å². The van der Waals surface area contributed by atoms with Crippen molar-refractivity contribution in [3.63, 3.8) is 0 Å². The Labute approximate surface area is 189 Å². The first kappa shape index (κ1) is 21.5. The molecule has 2 heterocycles. The highest BCUT2D eigenvalue weighted by Crippen LogP contribution is 2.35. The first-order chi connectivity index (χ1) is 15.3. The molecule has 0 aliphatic rings. The molecular formula is C24H22N4O3S. The number of aromatic nitrogens is 2. The van der Waals surface area contributed by atoms with Crippen molar-refractivity contribution >= 4 is 39.1 Å². The van der Waals surface area contributed by atoms with E-state index in [9.17, 15) is 14.4 Å². The van der Waals surface area contributed by atoms with E-state index in [1.54, 1.807) is 38.4 Å². The van der Waals surface area contributed by atoms with Crippen molar-refractivity contribution in [3.05, 3.63) is 82.4 Å². The predicted octanol–water partition coefficient (Wildman–Crippen LogP) is 3.77. The Kier molecular flexibility index (Phi) is 5.87. The van der Waals surface area contributed by atoms with Gasteiger partial charge in [0.15, 0.2) is 0 Å². The maximum Gasteiger partial charge on any atom is 0.262 e. The van der Waals surface area contributed by atoms with E-state index in [4.69, 9.17) is 0 Å². The number of carbonyl (C=O) groups is 2. The molecule has 4 aromatic rings. The van der Waals surface area contributed by atoms with Crippen LogP contribution >= 0.6 is 11.3 Å². The summed E-state index contributed by atoms with van der Waals surface area (Å²) in [6.07, 6.45) is 1.41. The number of thiophene rings is 1. The van der Waals surface area contributed by atoms with Gasteiger partial charge in [-0.3, -0.25) is 19.0 Å². The van der Waals surface area contributed by atoms with Gasteiger partial charge in [-0.25, -0.2) is 4.98 Å². The fourth-order valence-corrected chi connectivity index (χ4v) is 4.59. The van der Waals surface area contributed by atoms with Crippen LogP contribution in [0.15, 0.2) is 65.7 Å². The molecule has 0 saturated heterocycles. The van der Waals surface area contributed by atoms with Crippen molar-refractivity contribution in [2.75, 3.05) is 19.4 Å². The standard InChI is InChI=1S/C24H22N4O3S/c1-15-20-22(32-21(15)16-7-5-4-6-8-16)25-14-28(24(20)31)13-19(29)26-18-11-9-17(10-12-18)23(30)27(2)3/h4-12,14H,13H2,1-3H3,(H,26,29). The van der Waals surface area contributed by atoms with E-state index in [2.05, 4.69) is 10.3 Å². The molecule has 2 aromatic heterocycles. The number of hydrogen-bond donors (Lipinski definition) is 1. The molecule has 32 heavy (non-hydrogen) atoms. The second kappa shape index (κ2) is 8.76. The van der Waals surface area contributed by atoms with Gasteiger partial charge in [-0.1, -0.05) is 30.3 Å². The van der Waals surface area contributed by atoms with E-state index in [1.165, 1.54) is 27.1 Å². The molecule has 0 spiro atoms. The number of benzene rings is 2. The quantitative estimate of drug-likeness (QED) is 0.506. The average Bonchev–Trinajstić information content (AvgIpc) is 3.13. The Bertz CT molecular complexity index is 1360. The third kappa shape index (κ3) is 4.17. The molecule has 2 aromatic carbocycles. The summed E-state index contributed by atoms with van der Waals surface area (Å²) in [5.41, 5.74) is 2.73. The summed E-state index contributed by atoms with van der Waals surface area (Å²) in [7, 11) is 3.36. The van der Waals surface area contributed by atoms with Gasteiger partial charge in [0.05, 0.1) is 11.7 Å². The van der Waals surface area contributed by atoms with E-state index in [0.29, 0.717) is 21.5 Å². The Hall–Kier alpha value is -3.78. The molecule has 8 heteroatoms. The highest BCUT2D eigenvalue weighted by atomic mass is 32.1. The van der Waals surface area contributed by atoms with Crippen LogP contribution in [0.25, 0.3) is 20.7 Å². The number of aryl methyl sites for hydroxylation is 1. The number of nitrogens with one attached hydrogen (secondary N) is 1. The van der Waals surface area contributed by atoms with Crippen LogP contribution < -0.4 is 10.9 Å². The minimum Gasteiger partial charge on any atom is -0.345 e. The SMILES string of the molecule is Cc1c(-c2ccccc2)sc2ncn(CC(=O)Nc3ccc(C(=O)N(C)C)cc3)c(=O)c12. The largest absolute Gasteiger partial charge is 0.345 e. The van der Waals surface area contributed by atoms with Gasteiger partial charge in [0, 0.05) is 30.2 Å². The van der Waals surface area contributed by atoms with Crippen molar-refractivity contribution in [3.8, 4) is 10.4 Å². The van der Waals surface area contributed by atoms with Crippen molar-refractivity contribution in [1.82, 2.24) is 14.5 Å². The van der Waals surface area contributed by atoms with Crippen LogP contribution in [-0.4, -0.2) is 40.4 Å². The summed E-state index contributed by atoms with van der Waals surface area (Å²) >= 11 is 1.47. The number of rotatable bonds is 5. The zero-order valence-corrected chi connectivity index (χ0v) is 18.8. The lowest BCUT2D eigenvalue weighted by Gasteiger charge is -2.11. The van der Waals surface area contributed by atoms with Crippen molar-refractivity contribution in [2.24, 2.45) is 0 Å².